The average molecular weight is 347 g/mol. The first-order valence-electron chi connectivity index (χ1n) is 7.32. The molecule has 0 saturated heterocycles. The van der Waals surface area contributed by atoms with E-state index >= 15 is 0 Å². The minimum atomic E-state index is 0.289. The van der Waals surface area contributed by atoms with Crippen molar-refractivity contribution in [3.63, 3.8) is 0 Å². The quantitative estimate of drug-likeness (QED) is 0.818. The SMILES string of the molecule is CCC(Nc1ccc(Br)nc1C)c1ccc2c(c1)CCO2. The molecule has 1 aromatic heterocycles. The van der Waals surface area contributed by atoms with Gasteiger partial charge in [-0.05, 0) is 64.7 Å². The maximum absolute atomic E-state index is 5.58. The number of benzene rings is 1. The molecular weight excluding hydrogens is 328 g/mol. The Balaban J connectivity index is 1.85. The van der Waals surface area contributed by atoms with Crippen molar-refractivity contribution in [2.75, 3.05) is 11.9 Å². The van der Waals surface area contributed by atoms with Gasteiger partial charge in [0.2, 0.25) is 0 Å². The maximum Gasteiger partial charge on any atom is 0.122 e. The van der Waals surface area contributed by atoms with E-state index in [1.807, 2.05) is 13.0 Å². The predicted octanol–water partition coefficient (Wildman–Crippen LogP) is 4.65. The number of pyridine rings is 1. The Morgan fingerprint density at radius 2 is 2.19 bits per heavy atom. The third-order valence-electron chi connectivity index (χ3n) is 3.91. The van der Waals surface area contributed by atoms with Gasteiger partial charge in [0.05, 0.1) is 24.0 Å². The van der Waals surface area contributed by atoms with Crippen LogP contribution in [-0.4, -0.2) is 11.6 Å². The Labute approximate surface area is 133 Å². The fourth-order valence-electron chi connectivity index (χ4n) is 2.72. The van der Waals surface area contributed by atoms with Crippen molar-refractivity contribution in [2.24, 2.45) is 0 Å². The molecule has 3 nitrogen and oxygen atoms in total. The number of hydrogen-bond donors (Lipinski definition) is 1. The lowest BCUT2D eigenvalue weighted by molar-refractivity contribution is 0.357. The largest absolute Gasteiger partial charge is 0.493 e. The molecule has 0 spiro atoms. The van der Waals surface area contributed by atoms with Crippen LogP contribution in [0.5, 0.6) is 5.75 Å². The normalized spacial score (nSPS) is 14.4. The van der Waals surface area contributed by atoms with Gasteiger partial charge < -0.3 is 10.1 Å². The second kappa shape index (κ2) is 6.06. The summed E-state index contributed by atoms with van der Waals surface area (Å²) in [6.07, 6.45) is 2.04. The Morgan fingerprint density at radius 3 is 2.95 bits per heavy atom. The first-order chi connectivity index (χ1) is 10.2. The number of hydrogen-bond acceptors (Lipinski definition) is 3. The van der Waals surface area contributed by atoms with E-state index in [0.29, 0.717) is 0 Å². The first kappa shape index (κ1) is 14.4. The van der Waals surface area contributed by atoms with Crippen molar-refractivity contribution >= 4 is 21.6 Å². The summed E-state index contributed by atoms with van der Waals surface area (Å²) in [6, 6.07) is 10.9. The molecule has 1 aromatic carbocycles. The highest BCUT2D eigenvalue weighted by Gasteiger charge is 2.16. The van der Waals surface area contributed by atoms with Crippen LogP contribution in [0.4, 0.5) is 5.69 Å². The van der Waals surface area contributed by atoms with Crippen molar-refractivity contribution < 1.29 is 4.74 Å². The van der Waals surface area contributed by atoms with Gasteiger partial charge in [0.15, 0.2) is 0 Å². The number of rotatable bonds is 4. The fraction of sp³-hybridized carbons (Fsp3) is 0.353. The van der Waals surface area contributed by atoms with Crippen LogP contribution in [0.3, 0.4) is 0 Å². The third kappa shape index (κ3) is 3.05. The standard InChI is InChI=1S/C17H19BrN2O/c1-3-14(20-15-5-7-17(18)19-11(15)2)12-4-6-16-13(10-12)8-9-21-16/h4-7,10,14,20H,3,8-9H2,1-2H3. The second-order valence-electron chi connectivity index (χ2n) is 5.34. The lowest BCUT2D eigenvalue weighted by atomic mass is 10.0. The van der Waals surface area contributed by atoms with Crippen LogP contribution in [0.15, 0.2) is 34.9 Å². The van der Waals surface area contributed by atoms with E-state index in [2.05, 4.69) is 57.4 Å². The number of nitrogens with one attached hydrogen (secondary N) is 1. The van der Waals surface area contributed by atoms with E-state index in [0.717, 1.165) is 41.2 Å². The summed E-state index contributed by atoms with van der Waals surface area (Å²) in [5.41, 5.74) is 4.72. The van der Waals surface area contributed by atoms with Gasteiger partial charge in [-0.2, -0.15) is 0 Å². The molecule has 1 aliphatic rings. The van der Waals surface area contributed by atoms with Gasteiger partial charge >= 0.3 is 0 Å². The van der Waals surface area contributed by atoms with Crippen molar-refractivity contribution in [2.45, 2.75) is 32.7 Å². The Morgan fingerprint density at radius 1 is 1.33 bits per heavy atom. The summed E-state index contributed by atoms with van der Waals surface area (Å²) >= 11 is 3.41. The minimum Gasteiger partial charge on any atom is -0.493 e. The molecule has 2 heterocycles. The lowest BCUT2D eigenvalue weighted by Gasteiger charge is -2.20. The highest BCUT2D eigenvalue weighted by atomic mass is 79.9. The predicted molar refractivity (Wildman–Crippen MR) is 89.0 cm³/mol. The van der Waals surface area contributed by atoms with Crippen molar-refractivity contribution in [1.29, 1.82) is 0 Å². The van der Waals surface area contributed by atoms with Gasteiger partial charge in [0.1, 0.15) is 10.4 Å². The zero-order chi connectivity index (χ0) is 14.8. The zero-order valence-electron chi connectivity index (χ0n) is 12.3. The van der Waals surface area contributed by atoms with Gasteiger partial charge in [-0.15, -0.1) is 0 Å². The number of halogens is 1. The highest BCUT2D eigenvalue weighted by molar-refractivity contribution is 9.10. The maximum atomic E-state index is 5.58. The Kier molecular flexibility index (Phi) is 4.15. The molecule has 1 unspecified atom stereocenters. The topological polar surface area (TPSA) is 34.2 Å². The highest BCUT2D eigenvalue weighted by Crippen LogP contribution is 2.31. The molecule has 0 saturated carbocycles. The molecule has 21 heavy (non-hydrogen) atoms. The molecule has 0 fully saturated rings. The number of nitrogens with zero attached hydrogens (tertiary/aromatic N) is 1. The molecule has 1 aliphatic heterocycles. The van der Waals surface area contributed by atoms with Gasteiger partial charge in [0, 0.05) is 6.42 Å². The minimum absolute atomic E-state index is 0.289. The molecule has 0 aliphatic carbocycles. The monoisotopic (exact) mass is 346 g/mol. The molecule has 3 rings (SSSR count). The molecule has 1 N–H and O–H groups in total. The van der Waals surface area contributed by atoms with Crippen LogP contribution in [-0.2, 0) is 6.42 Å². The Bertz CT molecular complexity index is 657. The molecule has 110 valence electrons. The van der Waals surface area contributed by atoms with Gasteiger partial charge in [-0.25, -0.2) is 4.98 Å². The van der Waals surface area contributed by atoms with E-state index in [4.69, 9.17) is 4.74 Å². The molecular formula is C17H19BrN2O. The van der Waals surface area contributed by atoms with E-state index in [1.54, 1.807) is 0 Å². The van der Waals surface area contributed by atoms with Crippen LogP contribution >= 0.6 is 15.9 Å². The Hall–Kier alpha value is -1.55. The summed E-state index contributed by atoms with van der Waals surface area (Å²) in [5.74, 6) is 1.04. The van der Waals surface area contributed by atoms with Gasteiger partial charge in [-0.1, -0.05) is 13.0 Å². The fourth-order valence-corrected chi connectivity index (χ4v) is 3.11. The molecule has 0 radical (unpaired) electrons. The number of ether oxygens (including phenoxy) is 1. The van der Waals surface area contributed by atoms with Gasteiger partial charge in [-0.3, -0.25) is 0 Å². The van der Waals surface area contributed by atoms with Crippen molar-refractivity contribution in [3.8, 4) is 5.75 Å². The molecule has 2 aromatic rings. The number of aryl methyl sites for hydroxylation is 1. The van der Waals surface area contributed by atoms with E-state index < -0.39 is 0 Å². The van der Waals surface area contributed by atoms with Crippen LogP contribution in [0.2, 0.25) is 0 Å². The van der Waals surface area contributed by atoms with E-state index in [-0.39, 0.29) is 6.04 Å². The van der Waals surface area contributed by atoms with E-state index in [9.17, 15) is 0 Å². The van der Waals surface area contributed by atoms with Gasteiger partial charge in [0.25, 0.3) is 0 Å². The smallest absolute Gasteiger partial charge is 0.122 e. The summed E-state index contributed by atoms with van der Waals surface area (Å²) in [7, 11) is 0. The molecule has 0 bridgehead atoms. The average Bonchev–Trinajstić information content (AvgIpc) is 2.94. The third-order valence-corrected chi connectivity index (χ3v) is 4.35. The summed E-state index contributed by atoms with van der Waals surface area (Å²) in [5, 5.41) is 3.61. The summed E-state index contributed by atoms with van der Waals surface area (Å²) < 4.78 is 6.45. The van der Waals surface area contributed by atoms with Crippen LogP contribution in [0.25, 0.3) is 0 Å². The van der Waals surface area contributed by atoms with Crippen LogP contribution in [0, 0.1) is 6.92 Å². The number of anilines is 1. The zero-order valence-corrected chi connectivity index (χ0v) is 13.9. The number of aromatic nitrogens is 1. The lowest BCUT2D eigenvalue weighted by Crippen LogP contribution is -2.11. The van der Waals surface area contributed by atoms with Crippen LogP contribution < -0.4 is 10.1 Å². The first-order valence-corrected chi connectivity index (χ1v) is 8.12. The number of fused-ring (bicyclic) bond motifs is 1. The molecule has 4 heteroatoms. The molecule has 0 amide bonds. The van der Waals surface area contributed by atoms with Crippen molar-refractivity contribution in [1.82, 2.24) is 4.98 Å². The van der Waals surface area contributed by atoms with Crippen LogP contribution in [0.1, 0.15) is 36.2 Å². The van der Waals surface area contributed by atoms with Crippen molar-refractivity contribution in [3.05, 3.63) is 51.8 Å². The summed E-state index contributed by atoms with van der Waals surface area (Å²) in [4.78, 5) is 4.45. The summed E-state index contributed by atoms with van der Waals surface area (Å²) in [6.45, 7) is 5.03. The molecule has 1 atom stereocenters. The van der Waals surface area contributed by atoms with E-state index in [1.165, 1.54) is 11.1 Å². The second-order valence-corrected chi connectivity index (χ2v) is 6.15.